The van der Waals surface area contributed by atoms with Gasteiger partial charge in [0.2, 0.25) is 0 Å². The first-order chi connectivity index (χ1) is 9.16. The van der Waals surface area contributed by atoms with Crippen LogP contribution < -0.4 is 5.32 Å². The van der Waals surface area contributed by atoms with Gasteiger partial charge < -0.3 is 10.4 Å². The van der Waals surface area contributed by atoms with E-state index < -0.39 is 5.97 Å². The number of nitrogens with one attached hydrogen (secondary N) is 2. The van der Waals surface area contributed by atoms with Gasteiger partial charge >= 0.3 is 5.97 Å². The Balaban J connectivity index is 2.17. The molecule has 0 atom stereocenters. The molecule has 0 aromatic carbocycles. The molecule has 3 heterocycles. The standard InChI is InChI=1S/C11H10N6O2/c1-6-7(11(18)19)4-17-9(6)10(12-5-14-17)15-8-2-3-13-16-8/h2-5H,1H3,(H,18,19)(H2,12,13,14,15,16). The summed E-state index contributed by atoms with van der Waals surface area (Å²) in [6, 6.07) is 1.75. The number of carboxylic acid groups (broad SMARTS) is 1. The van der Waals surface area contributed by atoms with Crippen molar-refractivity contribution < 1.29 is 9.90 Å². The van der Waals surface area contributed by atoms with Crippen LogP contribution in [0.25, 0.3) is 5.52 Å². The number of aromatic nitrogens is 5. The highest BCUT2D eigenvalue weighted by Gasteiger charge is 2.17. The number of fused-ring (bicyclic) bond motifs is 1. The number of carboxylic acids is 1. The highest BCUT2D eigenvalue weighted by molar-refractivity contribution is 5.94. The molecule has 19 heavy (non-hydrogen) atoms. The van der Waals surface area contributed by atoms with Gasteiger partial charge in [0.15, 0.2) is 11.6 Å². The van der Waals surface area contributed by atoms with Gasteiger partial charge in [0.1, 0.15) is 11.8 Å². The molecule has 96 valence electrons. The molecule has 0 fully saturated rings. The number of aromatic amines is 1. The summed E-state index contributed by atoms with van der Waals surface area (Å²) in [4.78, 5) is 15.2. The van der Waals surface area contributed by atoms with E-state index in [0.29, 0.717) is 22.7 Å². The molecule has 3 N–H and O–H groups in total. The predicted octanol–water partition coefficient (Wildman–Crippen LogP) is 1.20. The molecule has 0 bridgehead atoms. The van der Waals surface area contributed by atoms with E-state index in [-0.39, 0.29) is 5.56 Å². The highest BCUT2D eigenvalue weighted by atomic mass is 16.4. The minimum Gasteiger partial charge on any atom is -0.478 e. The van der Waals surface area contributed by atoms with E-state index in [9.17, 15) is 4.79 Å². The molecule has 3 aromatic rings. The van der Waals surface area contributed by atoms with E-state index in [1.807, 2.05) is 0 Å². The van der Waals surface area contributed by atoms with Gasteiger partial charge in [0.25, 0.3) is 0 Å². The second-order valence-corrected chi connectivity index (χ2v) is 3.96. The Bertz CT molecular complexity index is 746. The van der Waals surface area contributed by atoms with Crippen LogP contribution in [0.1, 0.15) is 15.9 Å². The molecular weight excluding hydrogens is 248 g/mol. The van der Waals surface area contributed by atoms with Crippen LogP contribution in [0.5, 0.6) is 0 Å². The van der Waals surface area contributed by atoms with Crippen molar-refractivity contribution in [2.45, 2.75) is 6.92 Å². The van der Waals surface area contributed by atoms with Gasteiger partial charge in [-0.3, -0.25) is 5.10 Å². The third kappa shape index (κ3) is 1.79. The maximum Gasteiger partial charge on any atom is 0.337 e. The molecule has 0 saturated carbocycles. The second-order valence-electron chi connectivity index (χ2n) is 3.96. The monoisotopic (exact) mass is 258 g/mol. The van der Waals surface area contributed by atoms with Crippen molar-refractivity contribution in [2.24, 2.45) is 0 Å². The van der Waals surface area contributed by atoms with Gasteiger partial charge in [-0.2, -0.15) is 10.2 Å². The lowest BCUT2D eigenvalue weighted by Crippen LogP contribution is -2.00. The number of H-pyrrole nitrogens is 1. The lowest BCUT2D eigenvalue weighted by atomic mass is 10.2. The summed E-state index contributed by atoms with van der Waals surface area (Å²) in [6.45, 7) is 1.72. The number of aryl methyl sites for hydroxylation is 1. The molecule has 8 heteroatoms. The van der Waals surface area contributed by atoms with Crippen molar-refractivity contribution in [1.29, 1.82) is 0 Å². The lowest BCUT2D eigenvalue weighted by Gasteiger charge is -2.04. The molecule has 3 aromatic heterocycles. The summed E-state index contributed by atoms with van der Waals surface area (Å²) in [7, 11) is 0. The molecule has 8 nitrogen and oxygen atoms in total. The molecule has 0 radical (unpaired) electrons. The molecule has 0 unspecified atom stereocenters. The fraction of sp³-hybridized carbons (Fsp3) is 0.0909. The van der Waals surface area contributed by atoms with Crippen LogP contribution in [0.15, 0.2) is 24.8 Å². The van der Waals surface area contributed by atoms with Gasteiger partial charge in [-0.05, 0) is 12.5 Å². The Morgan fingerprint density at radius 3 is 3.05 bits per heavy atom. The zero-order valence-corrected chi connectivity index (χ0v) is 9.95. The van der Waals surface area contributed by atoms with Crippen molar-refractivity contribution in [3.63, 3.8) is 0 Å². The molecule has 0 amide bonds. The van der Waals surface area contributed by atoms with Gasteiger partial charge in [-0.15, -0.1) is 0 Å². The average Bonchev–Trinajstić information content (AvgIpc) is 2.98. The normalized spacial score (nSPS) is 10.8. The smallest absolute Gasteiger partial charge is 0.337 e. The van der Waals surface area contributed by atoms with Crippen LogP contribution in [-0.2, 0) is 0 Å². The van der Waals surface area contributed by atoms with E-state index in [1.165, 1.54) is 17.0 Å². The maximum absolute atomic E-state index is 11.1. The van der Waals surface area contributed by atoms with Crippen molar-refractivity contribution in [3.05, 3.63) is 35.9 Å². The molecule has 0 aliphatic carbocycles. The first kappa shape index (κ1) is 11.2. The van der Waals surface area contributed by atoms with Gasteiger partial charge in [0.05, 0.1) is 5.56 Å². The summed E-state index contributed by atoms with van der Waals surface area (Å²) >= 11 is 0. The van der Waals surface area contributed by atoms with Crippen molar-refractivity contribution in [3.8, 4) is 0 Å². The molecular formula is C11H10N6O2. The van der Waals surface area contributed by atoms with Crippen molar-refractivity contribution >= 4 is 23.1 Å². The molecule has 0 spiro atoms. The molecule has 3 rings (SSSR count). The molecule has 0 saturated heterocycles. The van der Waals surface area contributed by atoms with Gasteiger partial charge in [0, 0.05) is 18.5 Å². The Morgan fingerprint density at radius 1 is 1.53 bits per heavy atom. The van der Waals surface area contributed by atoms with Crippen molar-refractivity contribution in [1.82, 2.24) is 24.8 Å². The average molecular weight is 258 g/mol. The Morgan fingerprint density at radius 2 is 2.37 bits per heavy atom. The lowest BCUT2D eigenvalue weighted by molar-refractivity contribution is 0.0696. The number of rotatable bonds is 3. The van der Waals surface area contributed by atoms with E-state index in [4.69, 9.17) is 5.11 Å². The number of hydrogen-bond acceptors (Lipinski definition) is 5. The van der Waals surface area contributed by atoms with Crippen LogP contribution in [-0.4, -0.2) is 35.9 Å². The minimum atomic E-state index is -0.992. The predicted molar refractivity (Wildman–Crippen MR) is 66.6 cm³/mol. The van der Waals surface area contributed by atoms with Gasteiger partial charge in [-0.25, -0.2) is 14.3 Å². The largest absolute Gasteiger partial charge is 0.478 e. The number of carbonyl (C=O) groups is 1. The minimum absolute atomic E-state index is 0.200. The zero-order chi connectivity index (χ0) is 13.4. The Hall–Kier alpha value is -2.90. The van der Waals surface area contributed by atoms with E-state index >= 15 is 0 Å². The summed E-state index contributed by atoms with van der Waals surface area (Å²) in [5, 5.41) is 22.8. The summed E-state index contributed by atoms with van der Waals surface area (Å²) in [5.41, 5.74) is 1.42. The van der Waals surface area contributed by atoms with Crippen LogP contribution in [0.2, 0.25) is 0 Å². The van der Waals surface area contributed by atoms with E-state index in [0.717, 1.165) is 0 Å². The van der Waals surface area contributed by atoms with E-state index in [1.54, 1.807) is 19.2 Å². The number of aromatic carboxylic acids is 1. The Labute approximate surface area is 107 Å². The maximum atomic E-state index is 11.1. The number of nitrogens with zero attached hydrogens (tertiary/aromatic N) is 4. The van der Waals surface area contributed by atoms with E-state index in [2.05, 4.69) is 25.6 Å². The third-order valence-corrected chi connectivity index (χ3v) is 2.80. The van der Waals surface area contributed by atoms with Crippen molar-refractivity contribution in [2.75, 3.05) is 5.32 Å². The number of anilines is 2. The van der Waals surface area contributed by atoms with Crippen LogP contribution in [0, 0.1) is 6.92 Å². The quantitative estimate of drug-likeness (QED) is 0.651. The molecule has 0 aliphatic rings. The second kappa shape index (κ2) is 4.09. The Kier molecular flexibility index (Phi) is 2.41. The first-order valence-corrected chi connectivity index (χ1v) is 5.50. The fourth-order valence-corrected chi connectivity index (χ4v) is 1.92. The third-order valence-electron chi connectivity index (χ3n) is 2.80. The summed E-state index contributed by atoms with van der Waals surface area (Å²) < 4.78 is 1.49. The zero-order valence-electron chi connectivity index (χ0n) is 9.95. The van der Waals surface area contributed by atoms with Gasteiger partial charge in [-0.1, -0.05) is 0 Å². The highest BCUT2D eigenvalue weighted by Crippen LogP contribution is 2.24. The fourth-order valence-electron chi connectivity index (χ4n) is 1.92. The summed E-state index contributed by atoms with van der Waals surface area (Å²) in [5.74, 6) is 0.110. The number of hydrogen-bond donors (Lipinski definition) is 3. The van der Waals surface area contributed by atoms with Crippen LogP contribution in [0.4, 0.5) is 11.6 Å². The first-order valence-electron chi connectivity index (χ1n) is 5.50. The molecule has 0 aliphatic heterocycles. The summed E-state index contributed by atoms with van der Waals surface area (Å²) in [6.07, 6.45) is 4.49. The van der Waals surface area contributed by atoms with Crippen LogP contribution >= 0.6 is 0 Å². The van der Waals surface area contributed by atoms with Crippen LogP contribution in [0.3, 0.4) is 0 Å². The topological polar surface area (TPSA) is 108 Å². The SMILES string of the molecule is Cc1c(C(=O)O)cn2ncnc(Nc3cc[nH]n3)c12.